The molecule has 2 fully saturated rings. The second-order valence-electron chi connectivity index (χ2n) is 5.97. The van der Waals surface area contributed by atoms with Gasteiger partial charge in [-0.25, -0.2) is 0 Å². The highest BCUT2D eigenvalue weighted by Crippen LogP contribution is 2.37. The summed E-state index contributed by atoms with van der Waals surface area (Å²) in [5.41, 5.74) is 7.47. The van der Waals surface area contributed by atoms with E-state index in [1.165, 1.54) is 0 Å². The number of hydrogen-bond acceptors (Lipinski definition) is 5. The van der Waals surface area contributed by atoms with Crippen LogP contribution in [0.15, 0.2) is 24.4 Å². The van der Waals surface area contributed by atoms with Crippen LogP contribution in [0.5, 0.6) is 0 Å². The molecule has 1 aliphatic heterocycles. The van der Waals surface area contributed by atoms with Crippen LogP contribution in [-0.2, 0) is 16.0 Å². The molecular formula is C16H25N3O2. The summed E-state index contributed by atoms with van der Waals surface area (Å²) >= 11 is 0. The second kappa shape index (κ2) is 6.40. The van der Waals surface area contributed by atoms with Gasteiger partial charge in [-0.1, -0.05) is 13.0 Å². The molecule has 1 aliphatic carbocycles. The summed E-state index contributed by atoms with van der Waals surface area (Å²) in [6.45, 7) is 5.35. The molecule has 116 valence electrons. The fourth-order valence-corrected chi connectivity index (χ4v) is 3.47. The maximum atomic E-state index is 6.39. The molecule has 5 nitrogen and oxygen atoms in total. The monoisotopic (exact) mass is 291 g/mol. The molecule has 2 atom stereocenters. The lowest BCUT2D eigenvalue weighted by atomic mass is 9.85. The first-order valence-corrected chi connectivity index (χ1v) is 7.90. The van der Waals surface area contributed by atoms with Crippen LogP contribution in [0.2, 0.25) is 0 Å². The molecule has 1 aromatic rings. The average molecular weight is 291 g/mol. The van der Waals surface area contributed by atoms with E-state index in [-0.39, 0.29) is 12.1 Å². The van der Waals surface area contributed by atoms with Gasteiger partial charge in [0.2, 0.25) is 0 Å². The third-order valence-electron chi connectivity index (χ3n) is 4.65. The van der Waals surface area contributed by atoms with Crippen LogP contribution < -0.4 is 5.73 Å². The highest BCUT2D eigenvalue weighted by molar-refractivity contribution is 5.05. The minimum absolute atomic E-state index is 0.173. The minimum Gasteiger partial charge on any atom is -0.347 e. The summed E-state index contributed by atoms with van der Waals surface area (Å²) in [4.78, 5) is 6.83. The van der Waals surface area contributed by atoms with E-state index >= 15 is 0 Å². The van der Waals surface area contributed by atoms with Gasteiger partial charge in [0.15, 0.2) is 5.79 Å². The highest BCUT2D eigenvalue weighted by atomic mass is 16.7. The standard InChI is InChI=1S/C16H25N3O2/c1-2-19(12-13-5-3-4-8-18-13)15-11-16(7-6-14(15)17)20-9-10-21-16/h3-5,8,14-15H,2,6-7,9-12,17H2,1H3. The van der Waals surface area contributed by atoms with Crippen molar-refractivity contribution in [2.75, 3.05) is 19.8 Å². The van der Waals surface area contributed by atoms with E-state index in [0.29, 0.717) is 13.2 Å². The van der Waals surface area contributed by atoms with Gasteiger partial charge in [-0.15, -0.1) is 0 Å². The van der Waals surface area contributed by atoms with Gasteiger partial charge >= 0.3 is 0 Å². The number of nitrogens with zero attached hydrogens (tertiary/aromatic N) is 2. The number of pyridine rings is 1. The number of aromatic nitrogens is 1. The van der Waals surface area contributed by atoms with Gasteiger partial charge < -0.3 is 15.2 Å². The van der Waals surface area contributed by atoms with Crippen LogP contribution in [0.1, 0.15) is 31.9 Å². The van der Waals surface area contributed by atoms with Gasteiger partial charge in [-0.05, 0) is 25.1 Å². The average Bonchev–Trinajstić information content (AvgIpc) is 2.97. The quantitative estimate of drug-likeness (QED) is 0.911. The van der Waals surface area contributed by atoms with Crippen LogP contribution in [0.3, 0.4) is 0 Å². The van der Waals surface area contributed by atoms with Gasteiger partial charge in [0, 0.05) is 37.7 Å². The topological polar surface area (TPSA) is 60.6 Å². The summed E-state index contributed by atoms with van der Waals surface area (Å²) < 4.78 is 11.8. The van der Waals surface area contributed by atoms with E-state index in [0.717, 1.165) is 38.0 Å². The predicted molar refractivity (Wildman–Crippen MR) is 80.6 cm³/mol. The lowest BCUT2D eigenvalue weighted by Gasteiger charge is -2.44. The number of ether oxygens (including phenoxy) is 2. The Labute approximate surface area is 126 Å². The third kappa shape index (κ3) is 3.26. The molecule has 0 radical (unpaired) electrons. The van der Waals surface area contributed by atoms with Crippen molar-refractivity contribution in [3.05, 3.63) is 30.1 Å². The zero-order valence-electron chi connectivity index (χ0n) is 12.7. The molecule has 2 N–H and O–H groups in total. The molecule has 0 amide bonds. The van der Waals surface area contributed by atoms with Crippen LogP contribution >= 0.6 is 0 Å². The van der Waals surface area contributed by atoms with Crippen LogP contribution in [0, 0.1) is 0 Å². The van der Waals surface area contributed by atoms with E-state index in [1.54, 1.807) is 0 Å². The highest BCUT2D eigenvalue weighted by Gasteiger charge is 2.45. The number of hydrogen-bond donors (Lipinski definition) is 1. The molecule has 5 heteroatoms. The zero-order valence-corrected chi connectivity index (χ0v) is 12.7. The summed E-state index contributed by atoms with van der Waals surface area (Å²) in [5.74, 6) is -0.391. The molecule has 3 rings (SSSR count). The summed E-state index contributed by atoms with van der Waals surface area (Å²) in [7, 11) is 0. The molecule has 0 bridgehead atoms. The van der Waals surface area contributed by atoms with Gasteiger partial charge in [0.25, 0.3) is 0 Å². The van der Waals surface area contributed by atoms with Crippen molar-refractivity contribution >= 4 is 0 Å². The number of nitrogens with two attached hydrogens (primary N) is 1. The molecule has 0 aromatic carbocycles. The predicted octanol–water partition coefficient (Wildman–Crippen LogP) is 1.53. The first kappa shape index (κ1) is 14.9. The van der Waals surface area contributed by atoms with Gasteiger partial charge in [-0.2, -0.15) is 0 Å². The maximum Gasteiger partial charge on any atom is 0.170 e. The van der Waals surface area contributed by atoms with Gasteiger partial charge in [0.1, 0.15) is 0 Å². The Balaban J connectivity index is 1.72. The molecule has 21 heavy (non-hydrogen) atoms. The molecule has 1 saturated heterocycles. The molecule has 2 unspecified atom stereocenters. The van der Waals surface area contributed by atoms with Crippen LogP contribution in [0.4, 0.5) is 0 Å². The molecule has 2 aliphatic rings. The van der Waals surface area contributed by atoms with E-state index in [9.17, 15) is 0 Å². The van der Waals surface area contributed by atoms with Crippen molar-refractivity contribution in [1.82, 2.24) is 9.88 Å². The fourth-order valence-electron chi connectivity index (χ4n) is 3.47. The van der Waals surface area contributed by atoms with Gasteiger partial charge in [-0.3, -0.25) is 9.88 Å². The molecule has 1 saturated carbocycles. The number of likely N-dealkylation sites (N-methyl/N-ethyl adjacent to an activating group) is 1. The van der Waals surface area contributed by atoms with Crippen LogP contribution in [-0.4, -0.2) is 47.5 Å². The van der Waals surface area contributed by atoms with E-state index < -0.39 is 5.79 Å². The van der Waals surface area contributed by atoms with E-state index in [2.05, 4.69) is 22.9 Å². The Morgan fingerprint density at radius 1 is 1.38 bits per heavy atom. The summed E-state index contributed by atoms with van der Waals surface area (Å²) in [5, 5.41) is 0. The number of rotatable bonds is 4. The van der Waals surface area contributed by atoms with Crippen LogP contribution in [0.25, 0.3) is 0 Å². The first-order valence-electron chi connectivity index (χ1n) is 7.90. The van der Waals surface area contributed by atoms with E-state index in [4.69, 9.17) is 15.2 Å². The lowest BCUT2D eigenvalue weighted by Crippen LogP contribution is -2.56. The largest absolute Gasteiger partial charge is 0.347 e. The smallest absolute Gasteiger partial charge is 0.170 e. The Morgan fingerprint density at radius 2 is 2.19 bits per heavy atom. The molecule has 1 spiro atoms. The SMILES string of the molecule is CCN(Cc1ccccn1)C1CC2(CCC1N)OCCO2. The minimum atomic E-state index is -0.391. The Bertz CT molecular complexity index is 448. The molecule has 2 heterocycles. The zero-order chi connectivity index (χ0) is 14.7. The first-order chi connectivity index (χ1) is 10.2. The maximum absolute atomic E-state index is 6.39. The second-order valence-corrected chi connectivity index (χ2v) is 5.97. The third-order valence-corrected chi connectivity index (χ3v) is 4.65. The normalized spacial score (nSPS) is 28.3. The van der Waals surface area contributed by atoms with Crippen molar-refractivity contribution in [2.45, 2.75) is 50.6 Å². The van der Waals surface area contributed by atoms with Crippen molar-refractivity contribution in [3.8, 4) is 0 Å². The fraction of sp³-hybridized carbons (Fsp3) is 0.688. The molecular weight excluding hydrogens is 266 g/mol. The van der Waals surface area contributed by atoms with Gasteiger partial charge in [0.05, 0.1) is 18.9 Å². The van der Waals surface area contributed by atoms with Crippen molar-refractivity contribution in [1.29, 1.82) is 0 Å². The molecule has 1 aromatic heterocycles. The van der Waals surface area contributed by atoms with Crippen molar-refractivity contribution in [2.24, 2.45) is 5.73 Å². The Morgan fingerprint density at radius 3 is 2.86 bits per heavy atom. The summed E-state index contributed by atoms with van der Waals surface area (Å²) in [6, 6.07) is 6.49. The van der Waals surface area contributed by atoms with Crippen molar-refractivity contribution in [3.63, 3.8) is 0 Å². The van der Waals surface area contributed by atoms with E-state index in [1.807, 2.05) is 18.3 Å². The summed E-state index contributed by atoms with van der Waals surface area (Å²) in [6.07, 6.45) is 4.55. The lowest BCUT2D eigenvalue weighted by molar-refractivity contribution is -0.192. The Hall–Kier alpha value is -1.01. The Kier molecular flexibility index (Phi) is 4.54. The van der Waals surface area contributed by atoms with Crippen molar-refractivity contribution < 1.29 is 9.47 Å².